The lowest BCUT2D eigenvalue weighted by molar-refractivity contribution is -0.385. The molecular weight excluding hydrogens is 322 g/mol. The molecule has 2 rings (SSSR count). The van der Waals surface area contributed by atoms with Crippen LogP contribution in [-0.4, -0.2) is 40.8 Å². The molecule has 136 valence electrons. The molecule has 1 fully saturated rings. The van der Waals surface area contributed by atoms with Gasteiger partial charge in [-0.25, -0.2) is 0 Å². The quantitative estimate of drug-likeness (QED) is 0.669. The standard InChI is InChI=1S/C18H25N3O4/c1-12-10-13(7-8-14(12)21(24)25)17(23)20-9-5-6-15(20)16(22)19-11-18(2,3)4/h7-8,10,15H,5-6,9,11H2,1-4H3,(H,19,22)/t15-/m0/s1. The number of benzene rings is 1. The number of aryl methyl sites for hydroxylation is 1. The minimum Gasteiger partial charge on any atom is -0.354 e. The Balaban J connectivity index is 2.13. The minimum atomic E-state index is -0.481. The van der Waals surface area contributed by atoms with Crippen molar-refractivity contribution in [1.29, 1.82) is 0 Å². The van der Waals surface area contributed by atoms with E-state index in [2.05, 4.69) is 5.32 Å². The van der Waals surface area contributed by atoms with Gasteiger partial charge >= 0.3 is 0 Å². The Kier molecular flexibility index (Phi) is 5.45. The summed E-state index contributed by atoms with van der Waals surface area (Å²) < 4.78 is 0. The summed E-state index contributed by atoms with van der Waals surface area (Å²) in [5.41, 5.74) is 0.762. The molecule has 0 unspecified atom stereocenters. The van der Waals surface area contributed by atoms with Crippen molar-refractivity contribution in [3.63, 3.8) is 0 Å². The molecule has 0 saturated carbocycles. The molecule has 1 atom stereocenters. The van der Waals surface area contributed by atoms with E-state index < -0.39 is 11.0 Å². The third kappa shape index (κ3) is 4.55. The molecule has 1 aliphatic heterocycles. The van der Waals surface area contributed by atoms with Crippen LogP contribution in [0.15, 0.2) is 18.2 Å². The third-order valence-electron chi connectivity index (χ3n) is 4.25. The highest BCUT2D eigenvalue weighted by molar-refractivity contribution is 5.98. The summed E-state index contributed by atoms with van der Waals surface area (Å²) in [6, 6.07) is 3.83. The van der Waals surface area contributed by atoms with Gasteiger partial charge in [-0.2, -0.15) is 0 Å². The second kappa shape index (κ2) is 7.21. The monoisotopic (exact) mass is 347 g/mol. The number of hydrogen-bond donors (Lipinski definition) is 1. The minimum absolute atomic E-state index is 0.0163. The van der Waals surface area contributed by atoms with Crippen LogP contribution in [0.2, 0.25) is 0 Å². The maximum atomic E-state index is 12.8. The van der Waals surface area contributed by atoms with Crippen molar-refractivity contribution in [3.05, 3.63) is 39.4 Å². The Bertz CT molecular complexity index is 694. The second-order valence-corrected chi connectivity index (χ2v) is 7.69. The summed E-state index contributed by atoms with van der Waals surface area (Å²) >= 11 is 0. The first-order valence-corrected chi connectivity index (χ1v) is 8.44. The van der Waals surface area contributed by atoms with E-state index >= 15 is 0 Å². The van der Waals surface area contributed by atoms with Crippen LogP contribution in [0.4, 0.5) is 5.69 Å². The normalized spacial score (nSPS) is 17.4. The van der Waals surface area contributed by atoms with Gasteiger partial charge in [-0.3, -0.25) is 19.7 Å². The molecule has 1 aliphatic rings. The average Bonchev–Trinajstić information content (AvgIpc) is 3.00. The number of rotatable bonds is 4. The first-order chi connectivity index (χ1) is 11.6. The van der Waals surface area contributed by atoms with Gasteiger partial charge in [-0.15, -0.1) is 0 Å². The van der Waals surface area contributed by atoms with Crippen LogP contribution < -0.4 is 5.32 Å². The summed E-state index contributed by atoms with van der Waals surface area (Å²) in [4.78, 5) is 37.2. The molecule has 1 aromatic rings. The van der Waals surface area contributed by atoms with Gasteiger partial charge in [-0.05, 0) is 37.3 Å². The van der Waals surface area contributed by atoms with Gasteiger partial charge in [0.2, 0.25) is 5.91 Å². The number of nitro groups is 1. The number of carbonyl (C=O) groups is 2. The highest BCUT2D eigenvalue weighted by atomic mass is 16.6. The Morgan fingerprint density at radius 2 is 2.04 bits per heavy atom. The van der Waals surface area contributed by atoms with E-state index in [1.165, 1.54) is 18.2 Å². The lowest BCUT2D eigenvalue weighted by Gasteiger charge is -2.26. The zero-order valence-electron chi connectivity index (χ0n) is 15.2. The number of carbonyl (C=O) groups excluding carboxylic acids is 2. The molecule has 1 N–H and O–H groups in total. The average molecular weight is 347 g/mol. The Hall–Kier alpha value is -2.44. The Labute approximate surface area is 147 Å². The summed E-state index contributed by atoms with van der Waals surface area (Å²) in [5.74, 6) is -0.397. The maximum absolute atomic E-state index is 12.8. The van der Waals surface area contributed by atoms with Gasteiger partial charge in [0.25, 0.3) is 11.6 Å². The van der Waals surface area contributed by atoms with E-state index in [0.717, 1.165) is 6.42 Å². The molecule has 1 aromatic carbocycles. The second-order valence-electron chi connectivity index (χ2n) is 7.69. The molecule has 0 aliphatic carbocycles. The Morgan fingerprint density at radius 3 is 2.60 bits per heavy atom. The van der Waals surface area contributed by atoms with Crippen molar-refractivity contribution in [2.24, 2.45) is 5.41 Å². The maximum Gasteiger partial charge on any atom is 0.272 e. The van der Waals surface area contributed by atoms with Crippen LogP contribution in [-0.2, 0) is 4.79 Å². The molecule has 7 nitrogen and oxygen atoms in total. The van der Waals surface area contributed by atoms with Crippen molar-refractivity contribution >= 4 is 17.5 Å². The van der Waals surface area contributed by atoms with Crippen LogP contribution in [0.1, 0.15) is 49.5 Å². The molecule has 25 heavy (non-hydrogen) atoms. The number of hydrogen-bond acceptors (Lipinski definition) is 4. The zero-order chi connectivity index (χ0) is 18.8. The topological polar surface area (TPSA) is 92.6 Å². The lowest BCUT2D eigenvalue weighted by atomic mass is 9.97. The first-order valence-electron chi connectivity index (χ1n) is 8.44. The number of nitro benzene ring substituents is 1. The number of likely N-dealkylation sites (tertiary alicyclic amines) is 1. The van der Waals surface area contributed by atoms with Crippen LogP contribution in [0.25, 0.3) is 0 Å². The number of nitrogens with zero attached hydrogens (tertiary/aromatic N) is 2. The summed E-state index contributed by atoms with van der Waals surface area (Å²) in [5, 5.41) is 13.8. The van der Waals surface area contributed by atoms with Crippen LogP contribution in [0, 0.1) is 22.5 Å². The summed E-state index contributed by atoms with van der Waals surface area (Å²) in [6.45, 7) is 8.76. The van der Waals surface area contributed by atoms with Crippen LogP contribution >= 0.6 is 0 Å². The Morgan fingerprint density at radius 1 is 1.36 bits per heavy atom. The van der Waals surface area contributed by atoms with Crippen molar-refractivity contribution in [3.8, 4) is 0 Å². The molecule has 0 spiro atoms. The molecule has 7 heteroatoms. The van der Waals surface area contributed by atoms with Crippen molar-refractivity contribution in [1.82, 2.24) is 10.2 Å². The molecule has 0 aromatic heterocycles. The van der Waals surface area contributed by atoms with Gasteiger partial charge in [0.15, 0.2) is 0 Å². The van der Waals surface area contributed by atoms with Gasteiger partial charge in [0.05, 0.1) is 4.92 Å². The van der Waals surface area contributed by atoms with E-state index in [-0.39, 0.29) is 22.9 Å². The van der Waals surface area contributed by atoms with Crippen LogP contribution in [0.5, 0.6) is 0 Å². The van der Waals surface area contributed by atoms with Gasteiger partial charge in [-0.1, -0.05) is 20.8 Å². The van der Waals surface area contributed by atoms with E-state index in [4.69, 9.17) is 0 Å². The SMILES string of the molecule is Cc1cc(C(=O)N2CCC[C@H]2C(=O)NCC(C)(C)C)ccc1[N+](=O)[O-]. The van der Waals surface area contributed by atoms with Crippen LogP contribution in [0.3, 0.4) is 0 Å². The number of nitrogens with one attached hydrogen (secondary N) is 1. The van der Waals surface area contributed by atoms with E-state index in [1.807, 2.05) is 20.8 Å². The molecule has 2 amide bonds. The first kappa shape index (κ1) is 18.9. The molecule has 0 radical (unpaired) electrons. The predicted octanol–water partition coefficient (Wildman–Crippen LogP) is 2.67. The predicted molar refractivity (Wildman–Crippen MR) is 94.4 cm³/mol. The van der Waals surface area contributed by atoms with Gasteiger partial charge < -0.3 is 10.2 Å². The van der Waals surface area contributed by atoms with Crippen molar-refractivity contribution < 1.29 is 14.5 Å². The van der Waals surface area contributed by atoms with E-state index in [0.29, 0.717) is 30.6 Å². The van der Waals surface area contributed by atoms with E-state index in [1.54, 1.807) is 11.8 Å². The summed E-state index contributed by atoms with van der Waals surface area (Å²) in [6.07, 6.45) is 1.40. The zero-order valence-corrected chi connectivity index (χ0v) is 15.2. The smallest absolute Gasteiger partial charge is 0.272 e. The molecule has 0 bridgehead atoms. The third-order valence-corrected chi connectivity index (χ3v) is 4.25. The van der Waals surface area contributed by atoms with Gasteiger partial charge in [0.1, 0.15) is 6.04 Å². The van der Waals surface area contributed by atoms with Crippen molar-refractivity contribution in [2.75, 3.05) is 13.1 Å². The lowest BCUT2D eigenvalue weighted by Crippen LogP contribution is -2.47. The van der Waals surface area contributed by atoms with Crippen molar-refractivity contribution in [2.45, 2.75) is 46.6 Å². The number of amides is 2. The molecule has 1 heterocycles. The van der Waals surface area contributed by atoms with Gasteiger partial charge in [0, 0.05) is 30.3 Å². The fourth-order valence-electron chi connectivity index (χ4n) is 2.91. The highest BCUT2D eigenvalue weighted by Gasteiger charge is 2.35. The highest BCUT2D eigenvalue weighted by Crippen LogP contribution is 2.24. The molecule has 1 saturated heterocycles. The fraction of sp³-hybridized carbons (Fsp3) is 0.556. The summed E-state index contributed by atoms with van der Waals surface area (Å²) in [7, 11) is 0. The fourth-order valence-corrected chi connectivity index (χ4v) is 2.91. The molecular formula is C18H25N3O4. The van der Waals surface area contributed by atoms with E-state index in [9.17, 15) is 19.7 Å². The largest absolute Gasteiger partial charge is 0.354 e.